The summed E-state index contributed by atoms with van der Waals surface area (Å²) in [6.45, 7) is 5.11. The molecule has 1 atom stereocenters. The van der Waals surface area contributed by atoms with E-state index in [1.54, 1.807) is 36.4 Å². The molecule has 168 valence electrons. The van der Waals surface area contributed by atoms with Crippen molar-refractivity contribution < 1.29 is 19.1 Å². The third-order valence-corrected chi connectivity index (χ3v) is 4.86. The second-order valence-corrected chi connectivity index (χ2v) is 7.65. The van der Waals surface area contributed by atoms with Gasteiger partial charge >= 0.3 is 5.97 Å². The first-order chi connectivity index (χ1) is 15.8. The van der Waals surface area contributed by atoms with E-state index in [4.69, 9.17) is 4.74 Å². The SMILES string of the molecule is CC(=O)N/C(=C/c1ccccc1)C(=O)O[C@@H](C(=O)Nc1cc(C)ccc1C)c1ccccc1. The van der Waals surface area contributed by atoms with Gasteiger partial charge in [-0.2, -0.15) is 0 Å². The summed E-state index contributed by atoms with van der Waals surface area (Å²) in [7, 11) is 0. The average Bonchev–Trinajstić information content (AvgIpc) is 2.80. The number of nitrogens with one attached hydrogen (secondary N) is 2. The monoisotopic (exact) mass is 442 g/mol. The molecule has 6 heteroatoms. The van der Waals surface area contributed by atoms with Gasteiger partial charge in [-0.1, -0.05) is 72.8 Å². The van der Waals surface area contributed by atoms with Crippen LogP contribution in [0.25, 0.3) is 6.08 Å². The van der Waals surface area contributed by atoms with Crippen molar-refractivity contribution in [2.45, 2.75) is 26.9 Å². The molecule has 6 nitrogen and oxygen atoms in total. The lowest BCUT2D eigenvalue weighted by molar-refractivity contribution is -0.151. The minimum absolute atomic E-state index is 0.0610. The van der Waals surface area contributed by atoms with Crippen molar-refractivity contribution in [1.29, 1.82) is 0 Å². The van der Waals surface area contributed by atoms with E-state index in [-0.39, 0.29) is 5.70 Å². The third kappa shape index (κ3) is 6.64. The molecule has 0 saturated carbocycles. The fraction of sp³-hybridized carbons (Fsp3) is 0.148. The van der Waals surface area contributed by atoms with Crippen molar-refractivity contribution in [2.75, 3.05) is 5.32 Å². The Balaban J connectivity index is 1.91. The van der Waals surface area contributed by atoms with Gasteiger partial charge in [-0.25, -0.2) is 4.79 Å². The van der Waals surface area contributed by atoms with Crippen LogP contribution in [0.2, 0.25) is 0 Å². The zero-order chi connectivity index (χ0) is 23.8. The van der Waals surface area contributed by atoms with Crippen molar-refractivity contribution in [3.63, 3.8) is 0 Å². The van der Waals surface area contributed by atoms with Crippen LogP contribution in [0.4, 0.5) is 5.69 Å². The highest BCUT2D eigenvalue weighted by molar-refractivity contribution is 6.01. The van der Waals surface area contributed by atoms with Crippen LogP contribution in [-0.4, -0.2) is 17.8 Å². The number of hydrogen-bond donors (Lipinski definition) is 2. The summed E-state index contributed by atoms with van der Waals surface area (Å²) in [5.74, 6) is -1.74. The van der Waals surface area contributed by atoms with Crippen LogP contribution in [0.15, 0.2) is 84.6 Å². The fourth-order valence-electron chi connectivity index (χ4n) is 3.19. The summed E-state index contributed by atoms with van der Waals surface area (Å²) in [5.41, 5.74) is 3.66. The highest BCUT2D eigenvalue weighted by Crippen LogP contribution is 2.24. The van der Waals surface area contributed by atoms with E-state index in [0.717, 1.165) is 11.1 Å². The lowest BCUT2D eigenvalue weighted by Crippen LogP contribution is -2.31. The molecule has 0 aliphatic heterocycles. The molecule has 0 spiro atoms. The molecule has 0 aliphatic carbocycles. The Bertz CT molecular complexity index is 1170. The zero-order valence-corrected chi connectivity index (χ0v) is 18.8. The Morgan fingerprint density at radius 1 is 0.879 bits per heavy atom. The first-order valence-electron chi connectivity index (χ1n) is 10.5. The zero-order valence-electron chi connectivity index (χ0n) is 18.8. The van der Waals surface area contributed by atoms with Gasteiger partial charge in [0.1, 0.15) is 5.70 Å². The maximum atomic E-state index is 13.2. The Morgan fingerprint density at radius 2 is 1.52 bits per heavy atom. The third-order valence-electron chi connectivity index (χ3n) is 4.86. The lowest BCUT2D eigenvalue weighted by Gasteiger charge is -2.20. The van der Waals surface area contributed by atoms with Crippen molar-refractivity contribution in [3.05, 3.63) is 107 Å². The lowest BCUT2D eigenvalue weighted by atomic mass is 10.1. The first kappa shape index (κ1) is 23.5. The van der Waals surface area contributed by atoms with Gasteiger partial charge in [-0.3, -0.25) is 9.59 Å². The Labute approximate surface area is 193 Å². The number of hydrogen-bond acceptors (Lipinski definition) is 4. The summed E-state index contributed by atoms with van der Waals surface area (Å²) in [5, 5.41) is 5.37. The second-order valence-electron chi connectivity index (χ2n) is 7.65. The molecule has 2 N–H and O–H groups in total. The molecule has 0 saturated heterocycles. The maximum absolute atomic E-state index is 13.2. The molecular formula is C27H26N2O4. The van der Waals surface area contributed by atoms with E-state index in [0.29, 0.717) is 16.8 Å². The van der Waals surface area contributed by atoms with Crippen LogP contribution < -0.4 is 10.6 Å². The standard InChI is InChI=1S/C27H26N2O4/c1-18-14-15-19(2)23(16-18)29-26(31)25(22-12-8-5-9-13-22)33-27(32)24(28-20(3)30)17-21-10-6-4-7-11-21/h4-17,25H,1-3H3,(H,28,30)(H,29,31)/b24-17+/t25-/m1/s1. The smallest absolute Gasteiger partial charge is 0.355 e. The summed E-state index contributed by atoms with van der Waals surface area (Å²) in [6, 6.07) is 23.5. The van der Waals surface area contributed by atoms with Gasteiger partial charge in [0.05, 0.1) is 0 Å². The molecule has 3 aromatic rings. The number of amides is 2. The minimum atomic E-state index is -1.22. The summed E-state index contributed by atoms with van der Waals surface area (Å²) < 4.78 is 5.64. The van der Waals surface area contributed by atoms with Crippen molar-refractivity contribution in [1.82, 2.24) is 5.32 Å². The molecule has 3 rings (SSSR count). The quantitative estimate of drug-likeness (QED) is 0.410. The molecule has 0 aromatic heterocycles. The molecule has 33 heavy (non-hydrogen) atoms. The van der Waals surface area contributed by atoms with Crippen molar-refractivity contribution in [3.8, 4) is 0 Å². The van der Waals surface area contributed by atoms with E-state index >= 15 is 0 Å². The molecular weight excluding hydrogens is 416 g/mol. The number of carbonyl (C=O) groups is 3. The van der Waals surface area contributed by atoms with E-state index < -0.39 is 23.9 Å². The van der Waals surface area contributed by atoms with E-state index in [9.17, 15) is 14.4 Å². The molecule has 0 heterocycles. The van der Waals surface area contributed by atoms with E-state index in [1.807, 2.05) is 56.3 Å². The highest BCUT2D eigenvalue weighted by atomic mass is 16.5. The Kier molecular flexibility index (Phi) is 7.76. The average molecular weight is 443 g/mol. The van der Waals surface area contributed by atoms with Gasteiger partial charge in [0.2, 0.25) is 12.0 Å². The van der Waals surface area contributed by atoms with E-state index in [2.05, 4.69) is 10.6 Å². The predicted octanol–water partition coefficient (Wildman–Crippen LogP) is 4.70. The molecule has 0 bridgehead atoms. The van der Waals surface area contributed by atoms with Gasteiger partial charge in [-0.05, 0) is 42.7 Å². The topological polar surface area (TPSA) is 84.5 Å². The number of anilines is 1. The Morgan fingerprint density at radius 3 is 2.15 bits per heavy atom. The number of rotatable bonds is 7. The molecule has 0 radical (unpaired) electrons. The molecule has 2 amide bonds. The fourth-order valence-corrected chi connectivity index (χ4v) is 3.19. The summed E-state index contributed by atoms with van der Waals surface area (Å²) in [6.07, 6.45) is 0.292. The van der Waals surface area contributed by atoms with Gasteiger partial charge in [0.25, 0.3) is 5.91 Å². The van der Waals surface area contributed by atoms with Crippen molar-refractivity contribution >= 4 is 29.5 Å². The largest absolute Gasteiger partial charge is 0.443 e. The van der Waals surface area contributed by atoms with Crippen LogP contribution in [0, 0.1) is 13.8 Å². The van der Waals surface area contributed by atoms with Gasteiger partial charge in [0.15, 0.2) is 0 Å². The van der Waals surface area contributed by atoms with Crippen LogP contribution in [-0.2, 0) is 19.1 Å². The number of esters is 1. The Hall–Kier alpha value is -4.19. The summed E-state index contributed by atoms with van der Waals surface area (Å²) in [4.78, 5) is 38.0. The molecule has 3 aromatic carbocycles. The summed E-state index contributed by atoms with van der Waals surface area (Å²) >= 11 is 0. The van der Waals surface area contributed by atoms with Crippen LogP contribution in [0.5, 0.6) is 0 Å². The first-order valence-corrected chi connectivity index (χ1v) is 10.5. The number of aryl methyl sites for hydroxylation is 2. The molecule has 0 unspecified atom stereocenters. The number of carbonyl (C=O) groups excluding carboxylic acids is 3. The van der Waals surface area contributed by atoms with Gasteiger partial charge < -0.3 is 15.4 Å². The van der Waals surface area contributed by atoms with Gasteiger partial charge in [-0.15, -0.1) is 0 Å². The minimum Gasteiger partial charge on any atom is -0.443 e. The second kappa shape index (κ2) is 10.9. The normalized spacial score (nSPS) is 11.9. The van der Waals surface area contributed by atoms with E-state index in [1.165, 1.54) is 13.0 Å². The molecule has 0 fully saturated rings. The van der Waals surface area contributed by atoms with Crippen LogP contribution >= 0.6 is 0 Å². The van der Waals surface area contributed by atoms with Crippen molar-refractivity contribution in [2.24, 2.45) is 0 Å². The number of ether oxygens (including phenoxy) is 1. The molecule has 0 aliphatic rings. The maximum Gasteiger partial charge on any atom is 0.355 e. The van der Waals surface area contributed by atoms with Gasteiger partial charge in [0, 0.05) is 18.2 Å². The van der Waals surface area contributed by atoms with Crippen LogP contribution in [0.1, 0.15) is 35.3 Å². The highest BCUT2D eigenvalue weighted by Gasteiger charge is 2.27. The number of benzene rings is 3. The van der Waals surface area contributed by atoms with Crippen LogP contribution in [0.3, 0.4) is 0 Å². The predicted molar refractivity (Wildman–Crippen MR) is 128 cm³/mol.